The van der Waals surface area contributed by atoms with Crippen molar-refractivity contribution < 1.29 is 4.79 Å². The molecule has 0 saturated carbocycles. The zero-order valence-electron chi connectivity index (χ0n) is 13.2. The molecule has 0 fully saturated rings. The molecule has 0 spiro atoms. The van der Waals surface area contributed by atoms with E-state index in [9.17, 15) is 4.79 Å². The lowest BCUT2D eigenvalue weighted by Crippen LogP contribution is -2.12. The van der Waals surface area contributed by atoms with Gasteiger partial charge in [-0.3, -0.25) is 10.1 Å². The van der Waals surface area contributed by atoms with Crippen molar-refractivity contribution >= 4 is 43.9 Å². The number of carbonyl (C=O) groups excluding carboxylic acids is 1. The molecule has 1 amide bonds. The van der Waals surface area contributed by atoms with Crippen LogP contribution in [0, 0.1) is 13.8 Å². The van der Waals surface area contributed by atoms with Gasteiger partial charge in [-0.05, 0) is 54.6 Å². The predicted molar refractivity (Wildman–Crippen MR) is 101 cm³/mol. The van der Waals surface area contributed by atoms with Gasteiger partial charge in [0.2, 0.25) is 0 Å². The molecule has 1 aromatic carbocycles. The molecule has 24 heavy (non-hydrogen) atoms. The smallest absolute Gasteiger partial charge is 0.269 e. The van der Waals surface area contributed by atoms with Crippen molar-refractivity contribution in [2.24, 2.45) is 0 Å². The summed E-state index contributed by atoms with van der Waals surface area (Å²) in [6.45, 7) is 4.11. The number of hydrogen-bond donors (Lipinski definition) is 1. The van der Waals surface area contributed by atoms with Crippen molar-refractivity contribution in [2.45, 2.75) is 13.8 Å². The van der Waals surface area contributed by atoms with E-state index in [-0.39, 0.29) is 5.91 Å². The lowest BCUT2D eigenvalue weighted by atomic mass is 10.1. The Morgan fingerprint density at radius 2 is 2.00 bits per heavy atom. The molecule has 0 unspecified atom stereocenters. The summed E-state index contributed by atoms with van der Waals surface area (Å²) in [4.78, 5) is 17.9. The van der Waals surface area contributed by atoms with Crippen LogP contribution in [-0.4, -0.2) is 15.5 Å². The highest BCUT2D eigenvalue weighted by Crippen LogP contribution is 2.30. The number of thiazole rings is 1. The summed E-state index contributed by atoms with van der Waals surface area (Å²) < 4.78 is 3.04. The third-order valence-corrected chi connectivity index (χ3v) is 5.60. The molecule has 3 heterocycles. The number of nitrogens with zero attached hydrogens (tertiary/aromatic N) is 2. The van der Waals surface area contributed by atoms with Crippen molar-refractivity contribution in [2.75, 3.05) is 5.32 Å². The van der Waals surface area contributed by atoms with Crippen LogP contribution < -0.4 is 5.32 Å². The zero-order valence-corrected chi connectivity index (χ0v) is 14.9. The highest BCUT2D eigenvalue weighted by atomic mass is 32.1. The van der Waals surface area contributed by atoms with Crippen LogP contribution in [0.5, 0.6) is 0 Å². The van der Waals surface area contributed by atoms with Gasteiger partial charge in [0.15, 0.2) is 5.13 Å². The molecular weight excluding hydrogens is 338 g/mol. The van der Waals surface area contributed by atoms with E-state index in [1.165, 1.54) is 28.2 Å². The monoisotopic (exact) mass is 353 g/mol. The van der Waals surface area contributed by atoms with Crippen LogP contribution >= 0.6 is 22.7 Å². The van der Waals surface area contributed by atoms with Gasteiger partial charge in [0.1, 0.15) is 4.88 Å². The first-order chi connectivity index (χ1) is 11.6. The maximum absolute atomic E-state index is 12.7. The zero-order chi connectivity index (χ0) is 16.7. The standard InChI is InChI=1S/C18H15N3OS2/c1-11-9-12(2)15-14(10-11)24-18(19-15)20-17(22)16-13(5-8-23-16)21-6-3-4-7-21/h3-10H,1-2H3,(H,19,20,22). The second-order valence-electron chi connectivity index (χ2n) is 5.63. The number of rotatable bonds is 3. The SMILES string of the molecule is Cc1cc(C)c2nc(NC(=O)c3sccc3-n3cccc3)sc2c1. The summed E-state index contributed by atoms with van der Waals surface area (Å²) in [5.41, 5.74) is 4.17. The Morgan fingerprint density at radius 3 is 2.79 bits per heavy atom. The van der Waals surface area contributed by atoms with Crippen molar-refractivity contribution in [3.05, 3.63) is 64.1 Å². The Bertz CT molecular complexity index is 1030. The molecule has 3 aromatic heterocycles. The van der Waals surface area contributed by atoms with Crippen LogP contribution in [0.1, 0.15) is 20.8 Å². The quantitative estimate of drug-likeness (QED) is 0.562. The van der Waals surface area contributed by atoms with Gasteiger partial charge in [0.05, 0.1) is 15.9 Å². The van der Waals surface area contributed by atoms with Crippen LogP contribution in [0.3, 0.4) is 0 Å². The number of aromatic nitrogens is 2. The first kappa shape index (κ1) is 15.1. The van der Waals surface area contributed by atoms with E-state index in [2.05, 4.69) is 29.4 Å². The number of hydrogen-bond acceptors (Lipinski definition) is 4. The van der Waals surface area contributed by atoms with Gasteiger partial charge in [-0.2, -0.15) is 0 Å². The maximum Gasteiger partial charge on any atom is 0.269 e. The Labute approximate surface area is 147 Å². The van der Waals surface area contributed by atoms with E-state index in [4.69, 9.17) is 0 Å². The fourth-order valence-corrected chi connectivity index (χ4v) is 4.57. The molecular formula is C18H15N3OS2. The van der Waals surface area contributed by atoms with Gasteiger partial charge < -0.3 is 4.57 Å². The second-order valence-corrected chi connectivity index (χ2v) is 7.57. The molecule has 0 aliphatic rings. The minimum Gasteiger partial charge on any atom is -0.322 e. The molecule has 0 bridgehead atoms. The lowest BCUT2D eigenvalue weighted by molar-refractivity contribution is 0.103. The summed E-state index contributed by atoms with van der Waals surface area (Å²) in [6.07, 6.45) is 3.87. The molecule has 120 valence electrons. The average Bonchev–Trinajstić information content (AvgIpc) is 3.26. The molecule has 0 aliphatic heterocycles. The number of fused-ring (bicyclic) bond motifs is 1. The fraction of sp³-hybridized carbons (Fsp3) is 0.111. The Balaban J connectivity index is 1.66. The lowest BCUT2D eigenvalue weighted by Gasteiger charge is -2.04. The largest absolute Gasteiger partial charge is 0.322 e. The first-order valence-corrected chi connectivity index (χ1v) is 9.21. The minimum absolute atomic E-state index is 0.123. The number of benzene rings is 1. The highest BCUT2D eigenvalue weighted by molar-refractivity contribution is 7.22. The second kappa shape index (κ2) is 5.89. The highest BCUT2D eigenvalue weighted by Gasteiger charge is 2.16. The molecule has 0 saturated heterocycles. The van der Waals surface area contributed by atoms with Gasteiger partial charge in [-0.25, -0.2) is 4.98 Å². The van der Waals surface area contributed by atoms with E-state index in [0.29, 0.717) is 10.0 Å². The summed E-state index contributed by atoms with van der Waals surface area (Å²) in [6, 6.07) is 10.0. The molecule has 4 nitrogen and oxygen atoms in total. The van der Waals surface area contributed by atoms with Crippen molar-refractivity contribution in [1.82, 2.24) is 9.55 Å². The Morgan fingerprint density at radius 1 is 1.21 bits per heavy atom. The number of nitrogens with one attached hydrogen (secondary N) is 1. The molecule has 0 radical (unpaired) electrons. The van der Waals surface area contributed by atoms with Crippen molar-refractivity contribution in [3.63, 3.8) is 0 Å². The van der Waals surface area contributed by atoms with Gasteiger partial charge in [0.25, 0.3) is 5.91 Å². The number of aryl methyl sites for hydroxylation is 2. The van der Waals surface area contributed by atoms with E-state index in [1.54, 1.807) is 0 Å². The predicted octanol–water partition coefficient (Wildman–Crippen LogP) is 5.02. The Kier molecular flexibility index (Phi) is 3.70. The molecule has 0 aliphatic carbocycles. The third kappa shape index (κ3) is 2.64. The van der Waals surface area contributed by atoms with E-state index in [0.717, 1.165) is 21.5 Å². The molecule has 0 atom stereocenters. The Hall–Kier alpha value is -2.44. The van der Waals surface area contributed by atoms with E-state index >= 15 is 0 Å². The molecule has 4 aromatic rings. The van der Waals surface area contributed by atoms with Crippen LogP contribution in [0.4, 0.5) is 5.13 Å². The van der Waals surface area contributed by atoms with Crippen molar-refractivity contribution in [1.29, 1.82) is 0 Å². The number of amides is 1. The van der Waals surface area contributed by atoms with Gasteiger partial charge in [0, 0.05) is 12.4 Å². The summed E-state index contributed by atoms with van der Waals surface area (Å²) in [7, 11) is 0. The topological polar surface area (TPSA) is 46.9 Å². The van der Waals surface area contributed by atoms with E-state index < -0.39 is 0 Å². The number of thiophene rings is 1. The average molecular weight is 353 g/mol. The van der Waals surface area contributed by atoms with E-state index in [1.807, 2.05) is 47.5 Å². The van der Waals surface area contributed by atoms with Gasteiger partial charge in [-0.15, -0.1) is 11.3 Å². The molecule has 1 N–H and O–H groups in total. The number of carbonyl (C=O) groups is 1. The minimum atomic E-state index is -0.123. The summed E-state index contributed by atoms with van der Waals surface area (Å²) >= 11 is 2.94. The van der Waals surface area contributed by atoms with Gasteiger partial charge >= 0.3 is 0 Å². The first-order valence-electron chi connectivity index (χ1n) is 7.52. The normalized spacial score (nSPS) is 11.1. The summed E-state index contributed by atoms with van der Waals surface area (Å²) in [5, 5.41) is 5.51. The maximum atomic E-state index is 12.7. The summed E-state index contributed by atoms with van der Waals surface area (Å²) in [5.74, 6) is -0.123. The van der Waals surface area contributed by atoms with Crippen LogP contribution in [-0.2, 0) is 0 Å². The molecule has 4 rings (SSSR count). The van der Waals surface area contributed by atoms with Gasteiger partial charge in [-0.1, -0.05) is 17.4 Å². The van der Waals surface area contributed by atoms with Crippen molar-refractivity contribution in [3.8, 4) is 5.69 Å². The number of anilines is 1. The van der Waals surface area contributed by atoms with Crippen LogP contribution in [0.25, 0.3) is 15.9 Å². The van der Waals surface area contributed by atoms with Crippen LogP contribution in [0.15, 0.2) is 48.1 Å². The molecule has 6 heteroatoms. The fourth-order valence-electron chi connectivity index (χ4n) is 2.75. The third-order valence-electron chi connectivity index (χ3n) is 3.78. The van der Waals surface area contributed by atoms with Crippen LogP contribution in [0.2, 0.25) is 0 Å².